The zero-order valence-electron chi connectivity index (χ0n) is 16.6. The summed E-state index contributed by atoms with van der Waals surface area (Å²) < 4.78 is 0. The fourth-order valence-electron chi connectivity index (χ4n) is 4.68. The molecule has 2 bridgehead atoms. The lowest BCUT2D eigenvalue weighted by Gasteiger charge is -2.31. The fourth-order valence-corrected chi connectivity index (χ4v) is 5.58. The Balaban J connectivity index is 0.00000225. The number of carbonyl (C=O) groups excluding carboxylic acids is 1. The molecule has 1 N–H and O–H groups in total. The summed E-state index contributed by atoms with van der Waals surface area (Å²) in [5, 5.41) is 3.69. The van der Waals surface area contributed by atoms with Crippen LogP contribution in [0.5, 0.6) is 0 Å². The Morgan fingerprint density at radius 2 is 1.82 bits per heavy atom. The fraction of sp³-hybridized carbons (Fsp3) is 0.522. The highest BCUT2D eigenvalue weighted by Crippen LogP contribution is 2.33. The van der Waals surface area contributed by atoms with Crippen LogP contribution in [0.1, 0.15) is 47.4 Å². The maximum absolute atomic E-state index is 13.2. The molecule has 1 aromatic carbocycles. The van der Waals surface area contributed by atoms with Crippen molar-refractivity contribution >= 4 is 29.7 Å². The minimum Gasteiger partial charge on any atom is -0.337 e. The van der Waals surface area contributed by atoms with Crippen molar-refractivity contribution < 1.29 is 4.79 Å². The van der Waals surface area contributed by atoms with E-state index in [9.17, 15) is 4.79 Å². The van der Waals surface area contributed by atoms with Crippen LogP contribution in [0.15, 0.2) is 42.5 Å². The third-order valence-electron chi connectivity index (χ3n) is 6.04. The van der Waals surface area contributed by atoms with Crippen molar-refractivity contribution in [2.45, 2.75) is 64.1 Å². The molecule has 1 amide bonds. The van der Waals surface area contributed by atoms with Crippen molar-refractivity contribution in [3.8, 4) is 0 Å². The maximum Gasteiger partial charge on any atom is 0.223 e. The lowest BCUT2D eigenvalue weighted by atomic mass is 9.89. The number of fused-ring (bicyclic) bond motifs is 2. The van der Waals surface area contributed by atoms with E-state index in [0.717, 1.165) is 19.5 Å². The van der Waals surface area contributed by atoms with Crippen LogP contribution in [0.3, 0.4) is 0 Å². The van der Waals surface area contributed by atoms with Crippen LogP contribution in [-0.2, 0) is 17.8 Å². The van der Waals surface area contributed by atoms with Crippen molar-refractivity contribution in [2.24, 2.45) is 5.92 Å². The maximum atomic E-state index is 13.2. The molecule has 0 aliphatic carbocycles. The Morgan fingerprint density at radius 1 is 1.11 bits per heavy atom. The number of hydrogen-bond acceptors (Lipinski definition) is 3. The van der Waals surface area contributed by atoms with E-state index >= 15 is 0 Å². The Morgan fingerprint density at radius 3 is 2.46 bits per heavy atom. The first-order chi connectivity index (χ1) is 13.2. The first-order valence-corrected chi connectivity index (χ1v) is 11.1. The second-order valence-electron chi connectivity index (χ2n) is 8.24. The van der Waals surface area contributed by atoms with Crippen molar-refractivity contribution in [2.75, 3.05) is 6.54 Å². The monoisotopic (exact) mass is 418 g/mol. The van der Waals surface area contributed by atoms with Crippen LogP contribution in [0.25, 0.3) is 0 Å². The molecule has 5 heteroatoms. The van der Waals surface area contributed by atoms with Gasteiger partial charge in [0, 0.05) is 34.8 Å². The summed E-state index contributed by atoms with van der Waals surface area (Å²) in [6, 6.07) is 16.2. The molecule has 2 aliphatic rings. The van der Waals surface area contributed by atoms with Crippen LogP contribution >= 0.6 is 23.7 Å². The number of halogens is 1. The number of nitrogens with one attached hydrogen (secondary N) is 1. The number of piperidine rings is 1. The highest BCUT2D eigenvalue weighted by Gasteiger charge is 2.34. The quantitative estimate of drug-likeness (QED) is 0.688. The third-order valence-corrected chi connectivity index (χ3v) is 7.03. The molecule has 1 aromatic heterocycles. The topological polar surface area (TPSA) is 32.3 Å². The van der Waals surface area contributed by atoms with Crippen molar-refractivity contribution in [3.05, 3.63) is 57.8 Å². The molecule has 2 unspecified atom stereocenters. The molecular weight excluding hydrogens is 388 g/mol. The van der Waals surface area contributed by atoms with Gasteiger partial charge in [0.05, 0.1) is 6.54 Å². The van der Waals surface area contributed by atoms with Crippen LogP contribution in [0.2, 0.25) is 0 Å². The zero-order valence-corrected chi connectivity index (χ0v) is 18.2. The van der Waals surface area contributed by atoms with Crippen LogP contribution < -0.4 is 5.32 Å². The van der Waals surface area contributed by atoms with E-state index in [0.29, 0.717) is 30.3 Å². The number of thiophene rings is 1. The van der Waals surface area contributed by atoms with Crippen molar-refractivity contribution in [1.29, 1.82) is 0 Å². The molecule has 2 fully saturated rings. The van der Waals surface area contributed by atoms with E-state index in [2.05, 4.69) is 53.5 Å². The lowest BCUT2D eigenvalue weighted by molar-refractivity contribution is -0.133. The van der Waals surface area contributed by atoms with E-state index < -0.39 is 0 Å². The van der Waals surface area contributed by atoms with Gasteiger partial charge in [0.15, 0.2) is 0 Å². The second kappa shape index (κ2) is 9.91. The summed E-state index contributed by atoms with van der Waals surface area (Å²) in [7, 11) is 0. The molecule has 3 heterocycles. The Labute approximate surface area is 178 Å². The van der Waals surface area contributed by atoms with Crippen LogP contribution in [0.4, 0.5) is 0 Å². The minimum absolute atomic E-state index is 0. The highest BCUT2D eigenvalue weighted by atomic mass is 35.5. The molecule has 3 nitrogen and oxygen atoms in total. The summed E-state index contributed by atoms with van der Waals surface area (Å²) in [4.78, 5) is 17.9. The van der Waals surface area contributed by atoms with Gasteiger partial charge in [0.25, 0.3) is 0 Å². The molecule has 0 spiro atoms. The molecule has 2 saturated heterocycles. The number of carbonyl (C=O) groups is 1. The Bertz CT molecular complexity index is 751. The molecule has 2 aromatic rings. The predicted molar refractivity (Wildman–Crippen MR) is 119 cm³/mol. The zero-order chi connectivity index (χ0) is 18.6. The van der Waals surface area contributed by atoms with E-state index in [4.69, 9.17) is 0 Å². The van der Waals surface area contributed by atoms with Gasteiger partial charge in [-0.1, -0.05) is 30.3 Å². The second-order valence-corrected chi connectivity index (χ2v) is 9.62. The molecule has 0 saturated carbocycles. The van der Waals surface area contributed by atoms with E-state index in [1.165, 1.54) is 41.0 Å². The summed E-state index contributed by atoms with van der Waals surface area (Å²) >= 11 is 1.81. The van der Waals surface area contributed by atoms with Crippen LogP contribution in [-0.4, -0.2) is 29.4 Å². The number of rotatable bonds is 7. The molecule has 152 valence electrons. The number of aryl methyl sites for hydroxylation is 1. The Hall–Kier alpha value is -1.36. The van der Waals surface area contributed by atoms with Gasteiger partial charge in [-0.3, -0.25) is 4.79 Å². The first-order valence-electron chi connectivity index (χ1n) is 10.3. The average Bonchev–Trinajstić information content (AvgIpc) is 3.23. The van der Waals surface area contributed by atoms with Crippen molar-refractivity contribution in [1.82, 2.24) is 10.2 Å². The van der Waals surface area contributed by atoms with Crippen LogP contribution in [0, 0.1) is 12.8 Å². The number of amides is 1. The SMILES string of the molecule is Cc1ccc(CN(CCc2ccccc2)C(=O)CC2CC3CCC(C2)N3)s1.Cl. The average molecular weight is 419 g/mol. The van der Waals surface area contributed by atoms with Gasteiger partial charge >= 0.3 is 0 Å². The van der Waals surface area contributed by atoms with Crippen molar-refractivity contribution in [3.63, 3.8) is 0 Å². The van der Waals surface area contributed by atoms with E-state index in [-0.39, 0.29) is 12.4 Å². The molecule has 2 atom stereocenters. The number of hydrogen-bond donors (Lipinski definition) is 1. The standard InChI is InChI=1S/C23H30N2OS.ClH/c1-17-7-10-22(27-17)16-25(12-11-18-5-3-2-4-6-18)23(26)15-19-13-20-8-9-21(14-19)24-20;/h2-7,10,19-21,24H,8-9,11-16H2,1H3;1H. The first kappa shape index (κ1) is 21.4. The molecule has 2 aliphatic heterocycles. The normalized spacial score (nSPS) is 23.2. The van der Waals surface area contributed by atoms with Gasteiger partial charge in [-0.15, -0.1) is 23.7 Å². The summed E-state index contributed by atoms with van der Waals surface area (Å²) in [6.07, 6.45) is 6.57. The van der Waals surface area contributed by atoms with E-state index in [1.54, 1.807) is 0 Å². The molecule has 4 rings (SSSR count). The number of benzene rings is 1. The summed E-state index contributed by atoms with van der Waals surface area (Å²) in [5.41, 5.74) is 1.30. The summed E-state index contributed by atoms with van der Waals surface area (Å²) in [5.74, 6) is 0.892. The summed E-state index contributed by atoms with van der Waals surface area (Å²) in [6.45, 7) is 3.69. The lowest BCUT2D eigenvalue weighted by Crippen LogP contribution is -2.40. The highest BCUT2D eigenvalue weighted by molar-refractivity contribution is 7.11. The number of nitrogens with zero attached hydrogens (tertiary/aromatic N) is 1. The van der Waals surface area contributed by atoms with Gasteiger partial charge < -0.3 is 10.2 Å². The van der Waals surface area contributed by atoms with Gasteiger partial charge in [0.1, 0.15) is 0 Å². The minimum atomic E-state index is 0. The van der Waals surface area contributed by atoms with Gasteiger partial charge in [-0.05, 0) is 62.6 Å². The van der Waals surface area contributed by atoms with E-state index in [1.807, 2.05) is 17.4 Å². The molecule has 0 radical (unpaired) electrons. The smallest absolute Gasteiger partial charge is 0.223 e. The van der Waals surface area contributed by atoms with Gasteiger partial charge in [-0.2, -0.15) is 0 Å². The molecule has 28 heavy (non-hydrogen) atoms. The molecular formula is C23H31ClN2OS. The van der Waals surface area contributed by atoms with Gasteiger partial charge in [0.2, 0.25) is 5.91 Å². The largest absolute Gasteiger partial charge is 0.337 e. The predicted octanol–water partition coefficient (Wildman–Crippen LogP) is 4.97. The third kappa shape index (κ3) is 5.59. The van der Waals surface area contributed by atoms with Gasteiger partial charge in [-0.25, -0.2) is 0 Å². The Kier molecular flexibility index (Phi) is 7.55.